The van der Waals surface area contributed by atoms with E-state index in [0.29, 0.717) is 6.42 Å². The zero-order valence-electron chi connectivity index (χ0n) is 11.7. The summed E-state index contributed by atoms with van der Waals surface area (Å²) in [7, 11) is 0. The van der Waals surface area contributed by atoms with Crippen LogP contribution in [0.1, 0.15) is 35.1 Å². The van der Waals surface area contributed by atoms with Crippen LogP contribution in [0.4, 0.5) is 0 Å². The first-order valence-electron chi connectivity index (χ1n) is 6.45. The van der Waals surface area contributed by atoms with Gasteiger partial charge >= 0.3 is 5.97 Å². The standard InChI is InChI=1S/C15H21NO3/c1-10-7-12(3)13(8-11(10)2)5-4-6-14(17)16-9-15(18)19/h7-8H,4-6,9H2,1-3H3,(H,16,17)(H,18,19). The SMILES string of the molecule is Cc1cc(C)c(CCCC(=O)NCC(=O)O)cc1C. The Balaban J connectivity index is 2.43. The molecule has 104 valence electrons. The van der Waals surface area contributed by atoms with E-state index in [9.17, 15) is 9.59 Å². The maximum absolute atomic E-state index is 11.4. The second-order valence-electron chi connectivity index (χ2n) is 4.89. The predicted molar refractivity (Wildman–Crippen MR) is 74.2 cm³/mol. The molecule has 4 heteroatoms. The Morgan fingerprint density at radius 1 is 1.11 bits per heavy atom. The smallest absolute Gasteiger partial charge is 0.322 e. The molecule has 1 aromatic rings. The van der Waals surface area contributed by atoms with E-state index in [1.165, 1.54) is 22.3 Å². The third-order valence-electron chi connectivity index (χ3n) is 3.24. The number of carbonyl (C=O) groups is 2. The van der Waals surface area contributed by atoms with Gasteiger partial charge in [0.1, 0.15) is 6.54 Å². The van der Waals surface area contributed by atoms with Crippen LogP contribution in [0.3, 0.4) is 0 Å². The third kappa shape index (κ3) is 5.12. The van der Waals surface area contributed by atoms with Crippen molar-refractivity contribution < 1.29 is 14.7 Å². The van der Waals surface area contributed by atoms with Gasteiger partial charge in [0.05, 0.1) is 0 Å². The molecule has 1 aromatic carbocycles. The van der Waals surface area contributed by atoms with Crippen LogP contribution in [0, 0.1) is 20.8 Å². The molecule has 0 fully saturated rings. The monoisotopic (exact) mass is 263 g/mol. The summed E-state index contributed by atoms with van der Waals surface area (Å²) < 4.78 is 0. The minimum atomic E-state index is -1.02. The molecule has 1 amide bonds. The van der Waals surface area contributed by atoms with Crippen molar-refractivity contribution in [3.05, 3.63) is 34.4 Å². The highest BCUT2D eigenvalue weighted by atomic mass is 16.4. The molecule has 0 aromatic heterocycles. The molecule has 0 radical (unpaired) electrons. The van der Waals surface area contributed by atoms with E-state index in [1.807, 2.05) is 0 Å². The number of nitrogens with one attached hydrogen (secondary N) is 1. The van der Waals surface area contributed by atoms with Crippen LogP contribution in [0.2, 0.25) is 0 Å². The average molecular weight is 263 g/mol. The van der Waals surface area contributed by atoms with Crippen LogP contribution in [-0.4, -0.2) is 23.5 Å². The molecular formula is C15H21NO3. The van der Waals surface area contributed by atoms with E-state index in [2.05, 4.69) is 38.2 Å². The van der Waals surface area contributed by atoms with Gasteiger partial charge in [0, 0.05) is 6.42 Å². The van der Waals surface area contributed by atoms with E-state index >= 15 is 0 Å². The van der Waals surface area contributed by atoms with E-state index < -0.39 is 5.97 Å². The Morgan fingerprint density at radius 2 is 1.74 bits per heavy atom. The molecule has 0 unspecified atom stereocenters. The highest BCUT2D eigenvalue weighted by Gasteiger charge is 2.06. The minimum Gasteiger partial charge on any atom is -0.480 e. The molecule has 0 atom stereocenters. The maximum atomic E-state index is 11.4. The summed E-state index contributed by atoms with van der Waals surface area (Å²) in [5.41, 5.74) is 5.04. The number of benzene rings is 1. The largest absolute Gasteiger partial charge is 0.480 e. The van der Waals surface area contributed by atoms with E-state index in [4.69, 9.17) is 5.11 Å². The Hall–Kier alpha value is -1.84. The Labute approximate surface area is 113 Å². The number of aliphatic carboxylic acids is 1. The number of hydrogen-bond donors (Lipinski definition) is 2. The van der Waals surface area contributed by atoms with Crippen LogP contribution in [0.15, 0.2) is 12.1 Å². The van der Waals surface area contributed by atoms with Crippen molar-refractivity contribution in [2.45, 2.75) is 40.0 Å². The molecule has 0 heterocycles. The quantitative estimate of drug-likeness (QED) is 0.826. The molecule has 0 bridgehead atoms. The van der Waals surface area contributed by atoms with Gasteiger partial charge in [0.25, 0.3) is 0 Å². The summed E-state index contributed by atoms with van der Waals surface area (Å²) in [5.74, 6) is -1.22. The maximum Gasteiger partial charge on any atom is 0.322 e. The highest BCUT2D eigenvalue weighted by molar-refractivity contribution is 5.81. The molecule has 19 heavy (non-hydrogen) atoms. The lowest BCUT2D eigenvalue weighted by Crippen LogP contribution is -2.29. The molecule has 1 rings (SSSR count). The number of amides is 1. The fourth-order valence-electron chi connectivity index (χ4n) is 1.99. The molecule has 0 saturated carbocycles. The first-order chi connectivity index (χ1) is 8.90. The first kappa shape index (κ1) is 15.2. The summed E-state index contributed by atoms with van der Waals surface area (Å²) in [6.07, 6.45) is 1.93. The molecule has 0 aliphatic rings. The predicted octanol–water partition coefficient (Wildman–Crippen LogP) is 2.14. The van der Waals surface area contributed by atoms with Gasteiger partial charge in [0.2, 0.25) is 5.91 Å². The number of carboxylic acids is 1. The third-order valence-corrected chi connectivity index (χ3v) is 3.24. The summed E-state index contributed by atoms with van der Waals surface area (Å²) in [6.45, 7) is 5.94. The fraction of sp³-hybridized carbons (Fsp3) is 0.467. The number of rotatable bonds is 6. The van der Waals surface area contributed by atoms with Crippen molar-refractivity contribution in [1.29, 1.82) is 0 Å². The van der Waals surface area contributed by atoms with Crippen LogP contribution in [0.5, 0.6) is 0 Å². The molecular weight excluding hydrogens is 242 g/mol. The molecule has 4 nitrogen and oxygen atoms in total. The average Bonchev–Trinajstić information content (AvgIpc) is 2.33. The van der Waals surface area contributed by atoms with Crippen molar-refractivity contribution in [2.75, 3.05) is 6.54 Å². The van der Waals surface area contributed by atoms with Gasteiger partial charge < -0.3 is 10.4 Å². The lowest BCUT2D eigenvalue weighted by Gasteiger charge is -2.09. The van der Waals surface area contributed by atoms with Crippen LogP contribution in [0.25, 0.3) is 0 Å². The van der Waals surface area contributed by atoms with E-state index in [0.717, 1.165) is 12.8 Å². The van der Waals surface area contributed by atoms with Crippen LogP contribution in [-0.2, 0) is 16.0 Å². The van der Waals surface area contributed by atoms with Gasteiger partial charge in [-0.05, 0) is 55.9 Å². The lowest BCUT2D eigenvalue weighted by atomic mass is 9.97. The summed E-state index contributed by atoms with van der Waals surface area (Å²) in [5, 5.41) is 10.8. The van der Waals surface area contributed by atoms with Crippen LogP contribution < -0.4 is 5.32 Å². The van der Waals surface area contributed by atoms with Gasteiger partial charge in [-0.1, -0.05) is 12.1 Å². The Bertz CT molecular complexity index is 481. The summed E-state index contributed by atoms with van der Waals surface area (Å²) >= 11 is 0. The van der Waals surface area contributed by atoms with Crippen LogP contribution >= 0.6 is 0 Å². The molecule has 0 spiro atoms. The van der Waals surface area contributed by atoms with Gasteiger partial charge in [0.15, 0.2) is 0 Å². The number of carboxylic acid groups (broad SMARTS) is 1. The summed E-state index contributed by atoms with van der Waals surface area (Å²) in [4.78, 5) is 21.7. The lowest BCUT2D eigenvalue weighted by molar-refractivity contribution is -0.137. The molecule has 2 N–H and O–H groups in total. The molecule has 0 aliphatic carbocycles. The second kappa shape index (κ2) is 6.92. The molecule has 0 aliphatic heterocycles. The van der Waals surface area contributed by atoms with Crippen molar-refractivity contribution in [1.82, 2.24) is 5.32 Å². The second-order valence-corrected chi connectivity index (χ2v) is 4.89. The minimum absolute atomic E-state index is 0.205. The zero-order valence-corrected chi connectivity index (χ0v) is 11.7. The molecule has 0 saturated heterocycles. The van der Waals surface area contributed by atoms with Gasteiger partial charge in [-0.2, -0.15) is 0 Å². The van der Waals surface area contributed by atoms with Crippen molar-refractivity contribution in [3.63, 3.8) is 0 Å². The Kier molecular flexibility index (Phi) is 5.55. The van der Waals surface area contributed by atoms with E-state index in [-0.39, 0.29) is 12.5 Å². The first-order valence-corrected chi connectivity index (χ1v) is 6.45. The number of hydrogen-bond acceptors (Lipinski definition) is 2. The van der Waals surface area contributed by atoms with Crippen molar-refractivity contribution in [2.24, 2.45) is 0 Å². The van der Waals surface area contributed by atoms with Gasteiger partial charge in [-0.25, -0.2) is 0 Å². The highest BCUT2D eigenvalue weighted by Crippen LogP contribution is 2.17. The summed E-state index contributed by atoms with van der Waals surface area (Å²) in [6, 6.07) is 4.33. The zero-order chi connectivity index (χ0) is 14.4. The van der Waals surface area contributed by atoms with Gasteiger partial charge in [-0.15, -0.1) is 0 Å². The normalized spacial score (nSPS) is 10.3. The fourth-order valence-corrected chi connectivity index (χ4v) is 1.99. The van der Waals surface area contributed by atoms with Crippen molar-refractivity contribution >= 4 is 11.9 Å². The van der Waals surface area contributed by atoms with Crippen molar-refractivity contribution in [3.8, 4) is 0 Å². The van der Waals surface area contributed by atoms with Gasteiger partial charge in [-0.3, -0.25) is 9.59 Å². The Morgan fingerprint density at radius 3 is 2.37 bits per heavy atom. The van der Waals surface area contributed by atoms with E-state index in [1.54, 1.807) is 0 Å². The number of aryl methyl sites for hydroxylation is 4. The number of carbonyl (C=O) groups excluding carboxylic acids is 1. The topological polar surface area (TPSA) is 66.4 Å².